The highest BCUT2D eigenvalue weighted by Gasteiger charge is 2.17. The first-order valence-corrected chi connectivity index (χ1v) is 6.71. The number of methoxy groups -OCH3 is 1. The lowest BCUT2D eigenvalue weighted by Gasteiger charge is -2.20. The Hall–Kier alpha value is -1.81. The topological polar surface area (TPSA) is 58.6 Å². The van der Waals surface area contributed by atoms with Gasteiger partial charge < -0.3 is 15.2 Å². The third-order valence-electron chi connectivity index (χ3n) is 3.20. The first-order valence-electron chi connectivity index (χ1n) is 6.71. The number of hydrogen-bond donors (Lipinski definition) is 2. The van der Waals surface area contributed by atoms with Crippen LogP contribution in [0.25, 0.3) is 6.08 Å². The first-order chi connectivity index (χ1) is 9.38. The number of nitrogens with one attached hydrogen (secondary N) is 1. The SMILES string of the molecule is CCC(C)(O)CNC(=O)C=Cc1cc(C)ccc1OC. The zero-order chi connectivity index (χ0) is 15.2. The van der Waals surface area contributed by atoms with Gasteiger partial charge in [0.05, 0.1) is 12.7 Å². The molecule has 1 amide bonds. The minimum absolute atomic E-state index is 0.234. The second-order valence-electron chi connectivity index (χ2n) is 5.15. The van der Waals surface area contributed by atoms with Crippen molar-refractivity contribution in [1.29, 1.82) is 0 Å². The molecule has 0 heterocycles. The fourth-order valence-electron chi connectivity index (χ4n) is 1.61. The number of amides is 1. The molecule has 20 heavy (non-hydrogen) atoms. The highest BCUT2D eigenvalue weighted by atomic mass is 16.5. The molecule has 1 rings (SSSR count). The van der Waals surface area contributed by atoms with E-state index in [1.54, 1.807) is 20.1 Å². The van der Waals surface area contributed by atoms with Crippen LogP contribution in [-0.4, -0.2) is 30.3 Å². The maximum Gasteiger partial charge on any atom is 0.244 e. The molecule has 1 unspecified atom stereocenters. The summed E-state index contributed by atoms with van der Waals surface area (Å²) < 4.78 is 5.24. The molecular formula is C16H23NO3. The Morgan fingerprint density at radius 1 is 1.50 bits per heavy atom. The zero-order valence-electron chi connectivity index (χ0n) is 12.6. The highest BCUT2D eigenvalue weighted by molar-refractivity contribution is 5.92. The second-order valence-corrected chi connectivity index (χ2v) is 5.15. The van der Waals surface area contributed by atoms with E-state index in [1.165, 1.54) is 6.08 Å². The molecule has 1 atom stereocenters. The van der Waals surface area contributed by atoms with Gasteiger partial charge in [0, 0.05) is 18.2 Å². The molecule has 0 aliphatic heterocycles. The highest BCUT2D eigenvalue weighted by Crippen LogP contribution is 2.20. The van der Waals surface area contributed by atoms with Crippen molar-refractivity contribution in [3.63, 3.8) is 0 Å². The lowest BCUT2D eigenvalue weighted by atomic mass is 10.0. The van der Waals surface area contributed by atoms with Crippen molar-refractivity contribution in [2.75, 3.05) is 13.7 Å². The van der Waals surface area contributed by atoms with Crippen LogP contribution in [0.2, 0.25) is 0 Å². The van der Waals surface area contributed by atoms with Crippen LogP contribution in [0.5, 0.6) is 5.75 Å². The molecule has 0 spiro atoms. The fraction of sp³-hybridized carbons (Fsp3) is 0.438. The van der Waals surface area contributed by atoms with E-state index in [0.29, 0.717) is 6.42 Å². The summed E-state index contributed by atoms with van der Waals surface area (Å²) in [6.07, 6.45) is 3.74. The summed E-state index contributed by atoms with van der Waals surface area (Å²) in [7, 11) is 1.60. The van der Waals surface area contributed by atoms with Crippen molar-refractivity contribution in [3.05, 3.63) is 35.4 Å². The maximum absolute atomic E-state index is 11.7. The van der Waals surface area contributed by atoms with E-state index in [9.17, 15) is 9.90 Å². The van der Waals surface area contributed by atoms with E-state index >= 15 is 0 Å². The van der Waals surface area contributed by atoms with Crippen LogP contribution in [0.1, 0.15) is 31.4 Å². The van der Waals surface area contributed by atoms with E-state index in [1.807, 2.05) is 32.0 Å². The number of hydrogen-bond acceptors (Lipinski definition) is 3. The lowest BCUT2D eigenvalue weighted by Crippen LogP contribution is -2.39. The molecule has 0 saturated heterocycles. The van der Waals surface area contributed by atoms with Crippen molar-refractivity contribution in [1.82, 2.24) is 5.32 Å². The minimum atomic E-state index is -0.871. The van der Waals surface area contributed by atoms with Crippen molar-refractivity contribution >= 4 is 12.0 Å². The average molecular weight is 277 g/mol. The van der Waals surface area contributed by atoms with Crippen LogP contribution in [0.4, 0.5) is 0 Å². The molecule has 0 aromatic heterocycles. The molecule has 4 nitrogen and oxygen atoms in total. The average Bonchev–Trinajstić information content (AvgIpc) is 2.43. The standard InChI is InChI=1S/C16H23NO3/c1-5-16(3,19)11-17-15(18)9-7-13-10-12(2)6-8-14(13)20-4/h6-10,19H,5,11H2,1-4H3,(H,17,18). The predicted molar refractivity (Wildman–Crippen MR) is 80.7 cm³/mol. The van der Waals surface area contributed by atoms with Gasteiger partial charge in [-0.2, -0.15) is 0 Å². The number of aliphatic hydroxyl groups is 1. The van der Waals surface area contributed by atoms with Crippen LogP contribution < -0.4 is 10.1 Å². The van der Waals surface area contributed by atoms with Gasteiger partial charge in [-0.15, -0.1) is 0 Å². The van der Waals surface area contributed by atoms with Crippen molar-refractivity contribution in [2.24, 2.45) is 0 Å². The number of carbonyl (C=O) groups excluding carboxylic acids is 1. The van der Waals surface area contributed by atoms with E-state index in [4.69, 9.17) is 4.74 Å². The Morgan fingerprint density at radius 2 is 2.20 bits per heavy atom. The van der Waals surface area contributed by atoms with Crippen molar-refractivity contribution in [3.8, 4) is 5.75 Å². The molecule has 4 heteroatoms. The third-order valence-corrected chi connectivity index (χ3v) is 3.20. The van der Waals surface area contributed by atoms with Crippen LogP contribution >= 0.6 is 0 Å². The van der Waals surface area contributed by atoms with Gasteiger partial charge >= 0.3 is 0 Å². The van der Waals surface area contributed by atoms with E-state index in [-0.39, 0.29) is 12.5 Å². The molecule has 110 valence electrons. The van der Waals surface area contributed by atoms with Gasteiger partial charge in [-0.3, -0.25) is 4.79 Å². The lowest BCUT2D eigenvalue weighted by molar-refractivity contribution is -0.117. The number of rotatable bonds is 6. The van der Waals surface area contributed by atoms with Gasteiger partial charge in [0.2, 0.25) is 5.91 Å². The summed E-state index contributed by atoms with van der Waals surface area (Å²) in [4.78, 5) is 11.7. The van der Waals surface area contributed by atoms with Gasteiger partial charge in [-0.25, -0.2) is 0 Å². The molecule has 0 saturated carbocycles. The minimum Gasteiger partial charge on any atom is -0.496 e. The Balaban J connectivity index is 2.68. The molecule has 0 aliphatic rings. The Labute approximate surface area is 120 Å². The molecule has 2 N–H and O–H groups in total. The molecule has 0 radical (unpaired) electrons. The normalized spacial score (nSPS) is 14.1. The van der Waals surface area contributed by atoms with Gasteiger partial charge in [0.1, 0.15) is 5.75 Å². The number of benzene rings is 1. The summed E-state index contributed by atoms with van der Waals surface area (Å²) in [5.41, 5.74) is 1.08. The molecule has 1 aromatic rings. The monoisotopic (exact) mass is 277 g/mol. The number of carbonyl (C=O) groups is 1. The van der Waals surface area contributed by atoms with Crippen LogP contribution in [0, 0.1) is 6.92 Å². The smallest absolute Gasteiger partial charge is 0.244 e. The van der Waals surface area contributed by atoms with E-state index in [2.05, 4.69) is 5.32 Å². The van der Waals surface area contributed by atoms with Crippen LogP contribution in [0.3, 0.4) is 0 Å². The van der Waals surface area contributed by atoms with Crippen molar-refractivity contribution < 1.29 is 14.6 Å². The van der Waals surface area contributed by atoms with E-state index in [0.717, 1.165) is 16.9 Å². The van der Waals surface area contributed by atoms with Crippen molar-refractivity contribution in [2.45, 2.75) is 32.8 Å². The maximum atomic E-state index is 11.7. The number of aryl methyl sites for hydroxylation is 1. The Bertz CT molecular complexity index is 492. The zero-order valence-corrected chi connectivity index (χ0v) is 12.6. The Morgan fingerprint density at radius 3 is 2.80 bits per heavy atom. The first kappa shape index (κ1) is 16.2. The van der Waals surface area contributed by atoms with E-state index < -0.39 is 5.60 Å². The summed E-state index contributed by atoms with van der Waals surface area (Å²) in [5, 5.41) is 12.5. The predicted octanol–water partition coefficient (Wildman–Crippen LogP) is 2.29. The van der Waals surface area contributed by atoms with Gasteiger partial charge in [0.15, 0.2) is 0 Å². The summed E-state index contributed by atoms with van der Waals surface area (Å²) >= 11 is 0. The molecule has 0 bridgehead atoms. The summed E-state index contributed by atoms with van der Waals surface area (Å²) in [6, 6.07) is 5.77. The molecule has 0 aliphatic carbocycles. The number of ether oxygens (including phenoxy) is 1. The third kappa shape index (κ3) is 5.05. The molecule has 1 aromatic carbocycles. The van der Waals surface area contributed by atoms with Crippen LogP contribution in [-0.2, 0) is 4.79 Å². The molecule has 0 fully saturated rings. The van der Waals surface area contributed by atoms with Crippen LogP contribution in [0.15, 0.2) is 24.3 Å². The Kier molecular flexibility index (Phi) is 5.77. The fourth-order valence-corrected chi connectivity index (χ4v) is 1.61. The largest absolute Gasteiger partial charge is 0.496 e. The quantitative estimate of drug-likeness (QED) is 0.784. The summed E-state index contributed by atoms with van der Waals surface area (Å²) in [5.74, 6) is 0.488. The van der Waals surface area contributed by atoms with Gasteiger partial charge in [-0.1, -0.05) is 18.6 Å². The molecular weight excluding hydrogens is 254 g/mol. The second kappa shape index (κ2) is 7.10. The summed E-state index contributed by atoms with van der Waals surface area (Å²) in [6.45, 7) is 5.78. The van der Waals surface area contributed by atoms with Gasteiger partial charge in [-0.05, 0) is 38.5 Å². The van der Waals surface area contributed by atoms with Gasteiger partial charge in [0.25, 0.3) is 0 Å².